The molecule has 1 aliphatic rings. The van der Waals surface area contributed by atoms with Crippen molar-refractivity contribution in [1.29, 1.82) is 0 Å². The fourth-order valence-corrected chi connectivity index (χ4v) is 2.22. The zero-order valence-corrected chi connectivity index (χ0v) is 6.20. The van der Waals surface area contributed by atoms with Crippen molar-refractivity contribution in [3.63, 3.8) is 0 Å². The van der Waals surface area contributed by atoms with Gasteiger partial charge in [-0.3, -0.25) is 0 Å². The zero-order chi connectivity index (χ0) is 5.98. The molecule has 1 nitrogen and oxygen atoms in total. The van der Waals surface area contributed by atoms with E-state index in [1.807, 2.05) is 11.8 Å². The molecule has 0 saturated carbocycles. The molecule has 1 fully saturated rings. The van der Waals surface area contributed by atoms with E-state index >= 15 is 0 Å². The highest BCUT2D eigenvalue weighted by Gasteiger charge is 2.22. The monoisotopic (exact) mass is 132 g/mol. The summed E-state index contributed by atoms with van der Waals surface area (Å²) in [6.07, 6.45) is 1.77. The van der Waals surface area contributed by atoms with Crippen LogP contribution < -0.4 is 0 Å². The van der Waals surface area contributed by atoms with Gasteiger partial charge in [-0.05, 0) is 12.2 Å². The first-order valence-electron chi connectivity index (χ1n) is 2.99. The second-order valence-electron chi connectivity index (χ2n) is 2.14. The summed E-state index contributed by atoms with van der Waals surface area (Å²) in [6, 6.07) is 0. The molecule has 0 amide bonds. The predicted molar refractivity (Wildman–Crippen MR) is 37.3 cm³/mol. The fraction of sp³-hybridized carbons (Fsp3) is 1.00. The minimum absolute atomic E-state index is 0.528. The average Bonchev–Trinajstić information content (AvgIpc) is 2.14. The molecule has 1 saturated heterocycles. The quantitative estimate of drug-likeness (QED) is 0.535. The first kappa shape index (κ1) is 6.43. The highest BCUT2D eigenvalue weighted by atomic mass is 32.2. The van der Waals surface area contributed by atoms with Gasteiger partial charge in [0.25, 0.3) is 0 Å². The molecule has 0 aromatic carbocycles. The molecule has 1 aliphatic heterocycles. The molecule has 1 heterocycles. The largest absolute Gasteiger partial charge is 0.380 e. The van der Waals surface area contributed by atoms with Crippen molar-refractivity contribution < 1.29 is 4.74 Å². The van der Waals surface area contributed by atoms with Crippen molar-refractivity contribution >= 4 is 11.8 Å². The van der Waals surface area contributed by atoms with Crippen molar-refractivity contribution in [2.24, 2.45) is 0 Å². The molecule has 0 unspecified atom stereocenters. The van der Waals surface area contributed by atoms with Crippen LogP contribution >= 0.6 is 11.8 Å². The van der Waals surface area contributed by atoms with Crippen LogP contribution in [0.3, 0.4) is 0 Å². The summed E-state index contributed by atoms with van der Waals surface area (Å²) >= 11 is 2.00. The number of methoxy groups -OCH3 is 1. The van der Waals surface area contributed by atoms with Crippen LogP contribution in [0, 0.1) is 0 Å². The van der Waals surface area contributed by atoms with Crippen molar-refractivity contribution in [3.05, 3.63) is 0 Å². The van der Waals surface area contributed by atoms with E-state index in [0.29, 0.717) is 6.10 Å². The Labute approximate surface area is 54.8 Å². The Kier molecular flexibility index (Phi) is 2.20. The Hall–Kier alpha value is 0.310. The Bertz CT molecular complexity index is 74.9. The number of hydrogen-bond donors (Lipinski definition) is 0. The van der Waals surface area contributed by atoms with Crippen molar-refractivity contribution in [1.82, 2.24) is 0 Å². The first-order valence-corrected chi connectivity index (χ1v) is 4.04. The fourth-order valence-electron chi connectivity index (χ4n) is 1.02. The molecule has 2 heteroatoms. The summed E-state index contributed by atoms with van der Waals surface area (Å²) in [5.74, 6) is 1.28. The molecule has 0 radical (unpaired) electrons. The van der Waals surface area contributed by atoms with Gasteiger partial charge >= 0.3 is 0 Å². The molecule has 8 heavy (non-hydrogen) atoms. The SMILES string of the molecule is CO[C@@H]1CCS[C@@H]1C. The number of hydrogen-bond acceptors (Lipinski definition) is 2. The van der Waals surface area contributed by atoms with Gasteiger partial charge in [-0.1, -0.05) is 6.92 Å². The number of ether oxygens (including phenoxy) is 1. The third-order valence-electron chi connectivity index (χ3n) is 1.61. The van der Waals surface area contributed by atoms with Crippen LogP contribution in [0.15, 0.2) is 0 Å². The van der Waals surface area contributed by atoms with E-state index in [1.54, 1.807) is 7.11 Å². The Morgan fingerprint density at radius 1 is 1.62 bits per heavy atom. The molecule has 48 valence electrons. The topological polar surface area (TPSA) is 9.23 Å². The molecular formula is C6H12OS. The van der Waals surface area contributed by atoms with E-state index < -0.39 is 0 Å². The zero-order valence-electron chi connectivity index (χ0n) is 5.39. The lowest BCUT2D eigenvalue weighted by Gasteiger charge is -2.10. The van der Waals surface area contributed by atoms with Crippen LogP contribution in [0.4, 0.5) is 0 Å². The van der Waals surface area contributed by atoms with E-state index in [-0.39, 0.29) is 0 Å². The van der Waals surface area contributed by atoms with E-state index in [9.17, 15) is 0 Å². The summed E-state index contributed by atoms with van der Waals surface area (Å²) in [7, 11) is 1.80. The lowest BCUT2D eigenvalue weighted by Crippen LogP contribution is -2.15. The van der Waals surface area contributed by atoms with Gasteiger partial charge in [-0.15, -0.1) is 0 Å². The predicted octanol–water partition coefficient (Wildman–Crippen LogP) is 1.53. The highest BCUT2D eigenvalue weighted by molar-refractivity contribution is 8.00. The normalized spacial score (nSPS) is 38.2. The van der Waals surface area contributed by atoms with Crippen LogP contribution in [-0.2, 0) is 4.74 Å². The number of thioether (sulfide) groups is 1. The molecule has 0 aliphatic carbocycles. The second kappa shape index (κ2) is 2.74. The smallest absolute Gasteiger partial charge is 0.0695 e. The van der Waals surface area contributed by atoms with Gasteiger partial charge in [0, 0.05) is 12.4 Å². The van der Waals surface area contributed by atoms with Gasteiger partial charge in [0.15, 0.2) is 0 Å². The van der Waals surface area contributed by atoms with E-state index in [0.717, 1.165) is 5.25 Å². The van der Waals surface area contributed by atoms with E-state index in [2.05, 4.69) is 6.92 Å². The van der Waals surface area contributed by atoms with Crippen LogP contribution in [0.1, 0.15) is 13.3 Å². The maximum absolute atomic E-state index is 5.20. The summed E-state index contributed by atoms with van der Waals surface area (Å²) in [5.41, 5.74) is 0. The van der Waals surface area contributed by atoms with Gasteiger partial charge in [0.1, 0.15) is 0 Å². The van der Waals surface area contributed by atoms with Gasteiger partial charge < -0.3 is 4.74 Å². The first-order chi connectivity index (χ1) is 3.84. The van der Waals surface area contributed by atoms with Gasteiger partial charge in [-0.25, -0.2) is 0 Å². The van der Waals surface area contributed by atoms with Gasteiger partial charge in [0.05, 0.1) is 6.10 Å². The van der Waals surface area contributed by atoms with Crippen LogP contribution in [0.25, 0.3) is 0 Å². The minimum atomic E-state index is 0.528. The molecular weight excluding hydrogens is 120 g/mol. The molecule has 0 N–H and O–H groups in total. The van der Waals surface area contributed by atoms with Crippen LogP contribution in [-0.4, -0.2) is 24.2 Å². The third-order valence-corrected chi connectivity index (χ3v) is 2.91. The highest BCUT2D eigenvalue weighted by Crippen LogP contribution is 2.27. The van der Waals surface area contributed by atoms with Crippen molar-refractivity contribution in [3.8, 4) is 0 Å². The minimum Gasteiger partial charge on any atom is -0.380 e. The standard InChI is InChI=1S/C6H12OS/c1-5-6(7-2)3-4-8-5/h5-6H,3-4H2,1-2H3/t5-,6-/m1/s1. The lowest BCUT2D eigenvalue weighted by molar-refractivity contribution is 0.107. The molecule has 0 bridgehead atoms. The van der Waals surface area contributed by atoms with Gasteiger partial charge in [0.2, 0.25) is 0 Å². The maximum Gasteiger partial charge on any atom is 0.0695 e. The number of rotatable bonds is 1. The third kappa shape index (κ3) is 1.17. The molecule has 0 aromatic rings. The molecule has 0 aromatic heterocycles. The second-order valence-corrected chi connectivity index (χ2v) is 3.62. The summed E-state index contributed by atoms with van der Waals surface area (Å²) in [4.78, 5) is 0. The molecule has 2 atom stereocenters. The Morgan fingerprint density at radius 3 is 2.62 bits per heavy atom. The maximum atomic E-state index is 5.20. The summed E-state index contributed by atoms with van der Waals surface area (Å²) in [5, 5.41) is 0.722. The van der Waals surface area contributed by atoms with E-state index in [4.69, 9.17) is 4.74 Å². The Balaban J connectivity index is 2.30. The summed E-state index contributed by atoms with van der Waals surface area (Å²) < 4.78 is 5.20. The molecule has 0 spiro atoms. The summed E-state index contributed by atoms with van der Waals surface area (Å²) in [6.45, 7) is 2.23. The van der Waals surface area contributed by atoms with Crippen molar-refractivity contribution in [2.75, 3.05) is 12.9 Å². The van der Waals surface area contributed by atoms with Crippen LogP contribution in [0.2, 0.25) is 0 Å². The molecule has 1 rings (SSSR count). The van der Waals surface area contributed by atoms with Gasteiger partial charge in [-0.2, -0.15) is 11.8 Å². The average molecular weight is 132 g/mol. The Morgan fingerprint density at radius 2 is 2.38 bits per heavy atom. The van der Waals surface area contributed by atoms with E-state index in [1.165, 1.54) is 12.2 Å². The lowest BCUT2D eigenvalue weighted by atomic mass is 10.2. The van der Waals surface area contributed by atoms with Crippen LogP contribution in [0.5, 0.6) is 0 Å². The van der Waals surface area contributed by atoms with Crippen molar-refractivity contribution in [2.45, 2.75) is 24.7 Å².